The summed E-state index contributed by atoms with van der Waals surface area (Å²) in [7, 11) is 0. The summed E-state index contributed by atoms with van der Waals surface area (Å²) in [4.78, 5) is 208. The van der Waals surface area contributed by atoms with Crippen LogP contribution in [-0.4, -0.2) is 208 Å². The van der Waals surface area contributed by atoms with E-state index in [9.17, 15) is 77.3 Å². The fourth-order valence-corrected chi connectivity index (χ4v) is 12.1. The molecule has 556 valence electrons. The van der Waals surface area contributed by atoms with Crippen molar-refractivity contribution < 1.29 is 96.8 Å². The van der Waals surface area contributed by atoms with Crippen molar-refractivity contribution in [3.05, 3.63) is 35.9 Å². The van der Waals surface area contributed by atoms with E-state index in [-0.39, 0.29) is 114 Å². The Labute approximate surface area is 605 Å². The Morgan fingerprint density at radius 2 is 1.28 bits per heavy atom. The van der Waals surface area contributed by atoms with E-state index < -0.39 is 199 Å². The summed E-state index contributed by atoms with van der Waals surface area (Å²) in [5, 5.41) is 49.1. The smallest absolute Gasteiger partial charge is 0.305 e. The van der Waals surface area contributed by atoms with Crippen LogP contribution in [0.15, 0.2) is 45.3 Å². The van der Waals surface area contributed by atoms with Crippen molar-refractivity contribution in [1.82, 2.24) is 58.5 Å². The van der Waals surface area contributed by atoms with E-state index in [4.69, 9.17) is 17.2 Å². The summed E-state index contributed by atoms with van der Waals surface area (Å²) in [6.45, 7) is 14.1. The van der Waals surface area contributed by atoms with E-state index in [1.807, 2.05) is 27.7 Å². The molecule has 16 unspecified atom stereocenters. The monoisotopic (exact) mass is 1490 g/mol. The van der Waals surface area contributed by atoms with Gasteiger partial charge in [-0.15, -0.1) is 11.8 Å². The van der Waals surface area contributed by atoms with Gasteiger partial charge in [-0.25, -0.2) is 4.99 Å². The zero-order valence-corrected chi connectivity index (χ0v) is 62.7. The third kappa shape index (κ3) is 29.3. The Balaban J connectivity index is 0.0000265. The average Bonchev–Trinajstić information content (AvgIpc) is 1.83. The van der Waals surface area contributed by atoms with Crippen LogP contribution >= 0.6 is 11.8 Å². The minimum Gasteiger partial charge on any atom is -0.481 e. The molecule has 35 heteroatoms. The Morgan fingerprint density at radius 1 is 0.673 bits per heavy atom. The first kappa shape index (κ1) is 86.9. The van der Waals surface area contributed by atoms with Crippen LogP contribution in [0.25, 0.3) is 0 Å². The molecule has 16 atom stereocenters. The molecule has 33 nitrogen and oxygen atoms in total. The summed E-state index contributed by atoms with van der Waals surface area (Å²) in [6.07, 6.45) is 0.328. The van der Waals surface area contributed by atoms with Crippen molar-refractivity contribution >= 4 is 112 Å². The van der Waals surface area contributed by atoms with Crippen LogP contribution < -0.4 is 75.7 Å². The number of nitrogens with two attached hydrogens (primary N) is 3. The molecular weight excluding hydrogens is 1380 g/mol. The molecule has 0 aromatic heterocycles. The molecule has 3 heterocycles. The largest absolute Gasteiger partial charge is 0.481 e. The quantitative estimate of drug-likeness (QED) is 0.0366. The third-order valence-electron chi connectivity index (χ3n) is 17.6. The maximum absolute atomic E-state index is 14.9. The zero-order valence-electron chi connectivity index (χ0n) is 58.9. The minimum absolute atomic E-state index is 0. The number of benzene rings is 1. The number of hydrogen-bond donors (Lipinski definition) is 16. The van der Waals surface area contributed by atoms with E-state index in [1.165, 1.54) is 24.3 Å². The van der Waals surface area contributed by atoms with E-state index in [2.05, 4.69) is 73.5 Å². The Hall–Kier alpha value is -8.30. The zero-order chi connectivity index (χ0) is 74.3. The Kier molecular flexibility index (Phi) is 38.0. The number of thioether (sulfide) groups is 1. The number of carboxylic acid groups (broad SMARTS) is 2. The summed E-state index contributed by atoms with van der Waals surface area (Å²) in [6, 6.07) is -9.16. The minimum atomic E-state index is -1.94. The van der Waals surface area contributed by atoms with Crippen molar-refractivity contribution in [2.75, 3.05) is 18.8 Å². The van der Waals surface area contributed by atoms with Gasteiger partial charge >= 0.3 is 11.9 Å². The Bertz CT molecular complexity index is 3120. The average molecular weight is 1490 g/mol. The molecule has 0 saturated carbocycles. The van der Waals surface area contributed by atoms with E-state index in [0.29, 0.717) is 10.6 Å². The number of primary amides is 1. The van der Waals surface area contributed by atoms with Gasteiger partial charge in [0.25, 0.3) is 0 Å². The van der Waals surface area contributed by atoms with E-state index >= 15 is 0 Å². The maximum atomic E-state index is 14.9. The van der Waals surface area contributed by atoms with E-state index in [0.717, 1.165) is 6.42 Å². The third-order valence-corrected chi connectivity index (χ3v) is 18.7. The Morgan fingerprint density at radius 3 is 1.87 bits per heavy atom. The molecule has 0 bridgehead atoms. The molecule has 1 fully saturated rings. The summed E-state index contributed by atoms with van der Waals surface area (Å²) in [5.41, 5.74) is 18.4. The van der Waals surface area contributed by atoms with Gasteiger partial charge in [0.2, 0.25) is 70.9 Å². The van der Waals surface area contributed by atoms with Crippen LogP contribution in [-0.2, 0) is 93.0 Å². The SMILES string of the molecule is CCC(C)C(N)C1=NC(C(=O)NC(CC(C)C)C(=O)NC(CCC(=O)O)C(=O)NC(C(=O)NC2CCCCNC(=O)C(CC(N)=O)NC(=O)C(CC(=O)O)NC(=O)C(CC3C=NC=N3)NC(=O)C(Cc3ccccc3)NC(=O)C(C(C)CC)NC(=O)C(CCCN)NC2=O)C(C)CC)CS1.[Zn]. The van der Waals surface area contributed by atoms with Gasteiger partial charge in [-0.3, -0.25) is 77.1 Å². The number of carbonyl (C=O) groups excluding carboxylic acids is 12. The van der Waals surface area contributed by atoms with Crippen molar-refractivity contribution in [2.45, 2.75) is 230 Å². The fraction of sp³-hybridized carbons (Fsp3) is 0.652. The first-order chi connectivity index (χ1) is 47.4. The van der Waals surface area contributed by atoms with Crippen molar-refractivity contribution in [2.24, 2.45) is 55.8 Å². The van der Waals surface area contributed by atoms with Crippen LogP contribution in [0.5, 0.6) is 0 Å². The van der Waals surface area contributed by atoms with Crippen molar-refractivity contribution in [1.29, 1.82) is 0 Å². The topological polar surface area (TPSA) is 527 Å². The predicted molar refractivity (Wildman–Crippen MR) is 372 cm³/mol. The van der Waals surface area contributed by atoms with Gasteiger partial charge in [0.1, 0.15) is 72.8 Å². The van der Waals surface area contributed by atoms with Crippen molar-refractivity contribution in [3.63, 3.8) is 0 Å². The number of amides is 12. The van der Waals surface area contributed by atoms with Crippen LogP contribution in [0.2, 0.25) is 0 Å². The molecule has 3 aliphatic heterocycles. The molecule has 12 amide bonds. The first-order valence-electron chi connectivity index (χ1n) is 34.2. The summed E-state index contributed by atoms with van der Waals surface area (Å²) in [5.74, 6) is -15.4. The predicted octanol–water partition coefficient (Wildman–Crippen LogP) is -1.77. The molecule has 0 radical (unpaired) electrons. The number of aliphatic carboxylic acids is 2. The molecule has 101 heavy (non-hydrogen) atoms. The standard InChI is InChI=1S/C66H103N17O16S.Zn/c1-9-35(6)52(69)66-81-48(32-100-66)63(97)76-43(26-34(4)5)59(93)74-42(22-23-50(85)86)58(92)83-53(36(7)10-2)64(98)75-40-20-15-16-25-71-55(89)46(29-49(68)84)78-62(96)47(30-51(87)88)79-61(95)45(28-39-31-70-33-72-39)77-60(94)44(27-38-18-13-12-14-19-38)80-65(99)54(37(8)11-3)82-57(91)41(21-17-24-67)73-56(40)90;/h12-14,18-19,31,33-37,39-48,52-54H,9-11,15-17,20-30,32,67,69H2,1-8H3,(H2,68,84)(H,71,89)(H,73,90)(H,74,93)(H,75,98)(H,76,97)(H,77,94)(H,78,96)(H,79,95)(H,80,99)(H,82,91)(H,83,92)(H,85,86)(H,87,88);. The summed E-state index contributed by atoms with van der Waals surface area (Å²) < 4.78 is 0. The van der Waals surface area contributed by atoms with Gasteiger partial charge in [-0.1, -0.05) is 105 Å². The second kappa shape index (κ2) is 44.2. The van der Waals surface area contributed by atoms with Crippen LogP contribution in [0.3, 0.4) is 0 Å². The van der Waals surface area contributed by atoms with Crippen molar-refractivity contribution in [3.8, 4) is 0 Å². The second-order valence-electron chi connectivity index (χ2n) is 26.0. The molecule has 1 aromatic rings. The molecule has 1 saturated heterocycles. The number of carboxylic acids is 2. The van der Waals surface area contributed by atoms with Gasteiger partial charge in [-0.05, 0) is 80.7 Å². The number of carbonyl (C=O) groups is 14. The number of rotatable bonds is 31. The number of hydrogen-bond acceptors (Lipinski definition) is 20. The molecule has 19 N–H and O–H groups in total. The van der Waals surface area contributed by atoms with Crippen LogP contribution in [0.4, 0.5) is 0 Å². The first-order valence-corrected chi connectivity index (χ1v) is 35.2. The number of nitrogens with one attached hydrogen (secondary N) is 11. The summed E-state index contributed by atoms with van der Waals surface area (Å²) >= 11 is 1.35. The molecule has 3 aliphatic rings. The maximum Gasteiger partial charge on any atom is 0.305 e. The molecule has 0 spiro atoms. The second-order valence-corrected chi connectivity index (χ2v) is 27.1. The fourth-order valence-electron chi connectivity index (χ4n) is 10.9. The van der Waals surface area contributed by atoms with Gasteiger partial charge in [-0.2, -0.15) is 0 Å². The molecule has 0 aliphatic carbocycles. The van der Waals surface area contributed by atoms with Gasteiger partial charge in [0.05, 0.1) is 30.0 Å². The van der Waals surface area contributed by atoms with Crippen LogP contribution in [0, 0.1) is 23.7 Å². The van der Waals surface area contributed by atoms with E-state index in [1.54, 1.807) is 58.0 Å². The number of nitrogens with zero attached hydrogens (tertiary/aromatic N) is 3. The van der Waals surface area contributed by atoms with Gasteiger partial charge < -0.3 is 85.9 Å². The van der Waals surface area contributed by atoms with Gasteiger partial charge in [0.15, 0.2) is 0 Å². The van der Waals surface area contributed by atoms with Crippen LogP contribution in [0.1, 0.15) is 151 Å². The number of aliphatic imine (C=N–C) groups is 3. The van der Waals surface area contributed by atoms with Gasteiger partial charge in [0, 0.05) is 57.3 Å². The molecule has 4 rings (SSSR count). The molecular formula is C66H103N17O16SZn. The normalized spacial score (nSPS) is 24.1. The molecule has 1 aromatic carbocycles.